The molecule has 9 heteroatoms. The van der Waals surface area contributed by atoms with E-state index in [-0.39, 0.29) is 34.5 Å². The molecule has 0 spiro atoms. The number of nitrogen functional groups attached to an aromatic ring is 1. The summed E-state index contributed by atoms with van der Waals surface area (Å²) < 4.78 is 20.5. The van der Waals surface area contributed by atoms with Crippen molar-refractivity contribution in [3.63, 3.8) is 0 Å². The molecule has 0 aliphatic carbocycles. The number of H-pyrrole nitrogens is 1. The summed E-state index contributed by atoms with van der Waals surface area (Å²) in [5.41, 5.74) is 7.24. The number of amides is 1. The smallest absolute Gasteiger partial charge is 0.269 e. The molecule has 29 heavy (non-hydrogen) atoms. The lowest BCUT2D eigenvalue weighted by molar-refractivity contribution is 0.0945. The number of benzene rings is 2. The number of halogens is 3. The Morgan fingerprint density at radius 1 is 1.31 bits per heavy atom. The Labute approximate surface area is 177 Å². The molecule has 1 amide bonds. The van der Waals surface area contributed by atoms with Gasteiger partial charge in [0, 0.05) is 35.3 Å². The first-order valence-electron chi connectivity index (χ1n) is 8.83. The SMILES string of the molecule is CCc1nc(C)c(C(=O)NCc2ccc(Cl)c(Oc3cc(N)cc(Cl)c3)c2F)[nH]1. The second kappa shape index (κ2) is 8.71. The van der Waals surface area contributed by atoms with Crippen LogP contribution in [0.5, 0.6) is 11.5 Å². The van der Waals surface area contributed by atoms with Crippen molar-refractivity contribution < 1.29 is 13.9 Å². The van der Waals surface area contributed by atoms with Gasteiger partial charge >= 0.3 is 0 Å². The van der Waals surface area contributed by atoms with Crippen molar-refractivity contribution in [2.24, 2.45) is 0 Å². The summed E-state index contributed by atoms with van der Waals surface area (Å²) in [6.07, 6.45) is 0.675. The second-order valence-electron chi connectivity index (χ2n) is 6.35. The van der Waals surface area contributed by atoms with Crippen molar-refractivity contribution in [3.05, 3.63) is 69.0 Å². The minimum absolute atomic E-state index is 0.0597. The molecule has 3 aromatic rings. The maximum absolute atomic E-state index is 15.0. The van der Waals surface area contributed by atoms with Crippen LogP contribution in [0.4, 0.5) is 10.1 Å². The molecule has 152 valence electrons. The molecule has 0 saturated carbocycles. The average Bonchev–Trinajstić information content (AvgIpc) is 3.04. The third-order valence-electron chi connectivity index (χ3n) is 4.18. The molecule has 4 N–H and O–H groups in total. The van der Waals surface area contributed by atoms with Crippen molar-refractivity contribution in [3.8, 4) is 11.5 Å². The number of carbonyl (C=O) groups excluding carboxylic acids is 1. The molecule has 2 aromatic carbocycles. The minimum Gasteiger partial charge on any atom is -0.453 e. The van der Waals surface area contributed by atoms with Crippen LogP contribution in [0.2, 0.25) is 10.0 Å². The monoisotopic (exact) mass is 436 g/mol. The maximum Gasteiger partial charge on any atom is 0.269 e. The molecule has 1 aromatic heterocycles. The number of hydrogen-bond acceptors (Lipinski definition) is 4. The Morgan fingerprint density at radius 2 is 2.07 bits per heavy atom. The number of carbonyl (C=O) groups is 1. The Balaban J connectivity index is 1.79. The third-order valence-corrected chi connectivity index (χ3v) is 4.69. The Morgan fingerprint density at radius 3 is 2.72 bits per heavy atom. The van der Waals surface area contributed by atoms with Gasteiger partial charge in [-0.2, -0.15) is 0 Å². The number of nitrogens with zero attached hydrogens (tertiary/aromatic N) is 1. The van der Waals surface area contributed by atoms with Gasteiger partial charge in [-0.05, 0) is 25.1 Å². The first kappa shape index (κ1) is 21.0. The van der Waals surface area contributed by atoms with Crippen LogP contribution in [0.1, 0.15) is 34.5 Å². The van der Waals surface area contributed by atoms with Crippen LogP contribution >= 0.6 is 23.2 Å². The van der Waals surface area contributed by atoms with E-state index in [1.807, 2.05) is 6.92 Å². The molecule has 0 bridgehead atoms. The van der Waals surface area contributed by atoms with Crippen molar-refractivity contribution in [2.45, 2.75) is 26.8 Å². The zero-order chi connectivity index (χ0) is 21.1. The van der Waals surface area contributed by atoms with Crippen LogP contribution in [0.3, 0.4) is 0 Å². The molecule has 0 unspecified atom stereocenters. The number of nitrogens with two attached hydrogens (primary N) is 1. The van der Waals surface area contributed by atoms with Crippen LogP contribution in [-0.4, -0.2) is 15.9 Å². The van der Waals surface area contributed by atoms with Crippen LogP contribution in [-0.2, 0) is 13.0 Å². The fourth-order valence-corrected chi connectivity index (χ4v) is 3.16. The second-order valence-corrected chi connectivity index (χ2v) is 7.20. The van der Waals surface area contributed by atoms with Gasteiger partial charge in [0.25, 0.3) is 5.91 Å². The van der Waals surface area contributed by atoms with Gasteiger partial charge in [0.05, 0.1) is 10.7 Å². The number of rotatable bonds is 6. The van der Waals surface area contributed by atoms with Crippen molar-refractivity contribution in [2.75, 3.05) is 5.73 Å². The standard InChI is InChI=1S/C20H19Cl2FN4O2/c1-3-16-26-10(2)18(27-16)20(28)25-9-11-4-5-15(22)19(17(11)23)29-14-7-12(21)6-13(24)8-14/h4-8H,3,9,24H2,1-2H3,(H,25,28)(H,26,27). The highest BCUT2D eigenvalue weighted by atomic mass is 35.5. The molecule has 3 rings (SSSR count). The lowest BCUT2D eigenvalue weighted by Crippen LogP contribution is -2.24. The summed E-state index contributed by atoms with van der Waals surface area (Å²) in [5.74, 6) is -0.286. The summed E-state index contributed by atoms with van der Waals surface area (Å²) in [6.45, 7) is 3.60. The Kier molecular flexibility index (Phi) is 6.30. The fraction of sp³-hybridized carbons (Fsp3) is 0.200. The quantitative estimate of drug-likeness (QED) is 0.472. The molecule has 6 nitrogen and oxygen atoms in total. The van der Waals surface area contributed by atoms with Gasteiger partial charge in [0.15, 0.2) is 11.6 Å². The summed E-state index contributed by atoms with van der Waals surface area (Å²) in [5, 5.41) is 3.10. The summed E-state index contributed by atoms with van der Waals surface area (Å²) >= 11 is 12.1. The highest BCUT2D eigenvalue weighted by Gasteiger charge is 2.18. The van der Waals surface area contributed by atoms with Gasteiger partial charge in [-0.3, -0.25) is 4.79 Å². The van der Waals surface area contributed by atoms with Crippen LogP contribution in [0.25, 0.3) is 0 Å². The van der Waals surface area contributed by atoms with Crippen molar-refractivity contribution >= 4 is 34.8 Å². The molecule has 0 saturated heterocycles. The molecule has 0 radical (unpaired) electrons. The van der Waals surface area contributed by atoms with E-state index in [4.69, 9.17) is 33.7 Å². The molecular formula is C20H19Cl2FN4O2. The first-order valence-corrected chi connectivity index (χ1v) is 9.58. The summed E-state index contributed by atoms with van der Waals surface area (Å²) in [4.78, 5) is 19.6. The number of imidazole rings is 1. The predicted octanol–water partition coefficient (Wildman–Crippen LogP) is 5.03. The van der Waals surface area contributed by atoms with E-state index in [1.54, 1.807) is 13.0 Å². The fourth-order valence-electron chi connectivity index (χ4n) is 2.74. The molecule has 0 aliphatic rings. The number of anilines is 1. The molecule has 0 fully saturated rings. The van der Waals surface area contributed by atoms with Gasteiger partial charge < -0.3 is 20.8 Å². The molecular weight excluding hydrogens is 418 g/mol. The normalized spacial score (nSPS) is 10.8. The summed E-state index contributed by atoms with van der Waals surface area (Å²) in [7, 11) is 0. The number of hydrogen-bond donors (Lipinski definition) is 3. The third kappa shape index (κ3) is 4.81. The maximum atomic E-state index is 15.0. The average molecular weight is 437 g/mol. The number of aryl methyl sites for hydroxylation is 2. The number of aromatic amines is 1. The highest BCUT2D eigenvalue weighted by Crippen LogP contribution is 2.35. The van der Waals surface area contributed by atoms with Gasteiger partial charge in [-0.1, -0.05) is 36.2 Å². The van der Waals surface area contributed by atoms with Gasteiger partial charge in [-0.25, -0.2) is 9.37 Å². The van der Waals surface area contributed by atoms with Crippen molar-refractivity contribution in [1.29, 1.82) is 0 Å². The highest BCUT2D eigenvalue weighted by molar-refractivity contribution is 6.32. The Bertz CT molecular complexity index is 1050. The van der Waals surface area contributed by atoms with E-state index >= 15 is 0 Å². The van der Waals surface area contributed by atoms with Crippen molar-refractivity contribution in [1.82, 2.24) is 15.3 Å². The van der Waals surface area contributed by atoms with Crippen LogP contribution in [0.15, 0.2) is 30.3 Å². The van der Waals surface area contributed by atoms with Crippen LogP contribution in [0, 0.1) is 12.7 Å². The zero-order valence-electron chi connectivity index (χ0n) is 15.8. The van der Waals surface area contributed by atoms with Gasteiger partial charge in [-0.15, -0.1) is 0 Å². The predicted molar refractivity (Wildman–Crippen MR) is 111 cm³/mol. The van der Waals surface area contributed by atoms with Gasteiger partial charge in [0.1, 0.15) is 17.3 Å². The number of nitrogens with one attached hydrogen (secondary N) is 2. The zero-order valence-corrected chi connectivity index (χ0v) is 17.3. The minimum atomic E-state index is -0.688. The van der Waals surface area contributed by atoms with E-state index in [2.05, 4.69) is 15.3 Å². The molecule has 1 heterocycles. The summed E-state index contributed by atoms with van der Waals surface area (Å²) in [6, 6.07) is 7.51. The largest absolute Gasteiger partial charge is 0.453 e. The lowest BCUT2D eigenvalue weighted by Gasteiger charge is -2.13. The van der Waals surface area contributed by atoms with E-state index in [0.29, 0.717) is 34.3 Å². The lowest BCUT2D eigenvalue weighted by atomic mass is 10.2. The van der Waals surface area contributed by atoms with Gasteiger partial charge in [0.2, 0.25) is 0 Å². The number of ether oxygens (including phenoxy) is 1. The van der Waals surface area contributed by atoms with E-state index in [1.165, 1.54) is 24.3 Å². The molecule has 0 atom stereocenters. The first-order chi connectivity index (χ1) is 13.8. The van der Waals surface area contributed by atoms with Crippen LogP contribution < -0.4 is 15.8 Å². The van der Waals surface area contributed by atoms with E-state index in [0.717, 1.165) is 0 Å². The Hall–Kier alpha value is -2.77. The molecule has 0 aliphatic heterocycles. The number of aromatic nitrogens is 2. The van der Waals surface area contributed by atoms with E-state index in [9.17, 15) is 9.18 Å². The van der Waals surface area contributed by atoms with E-state index < -0.39 is 5.82 Å². The topological polar surface area (TPSA) is 93.0 Å².